The van der Waals surface area contributed by atoms with E-state index in [-0.39, 0.29) is 29.0 Å². The van der Waals surface area contributed by atoms with E-state index >= 15 is 0 Å². The Hall–Kier alpha value is -2.26. The second kappa shape index (κ2) is 11.0. The van der Waals surface area contributed by atoms with E-state index in [1.54, 1.807) is 34.9 Å². The Balaban J connectivity index is 1.60. The normalized spacial score (nSPS) is 10.8. The molecule has 2 amide bonds. The molecule has 0 radical (unpaired) electrons. The van der Waals surface area contributed by atoms with E-state index in [1.165, 1.54) is 11.8 Å². The van der Waals surface area contributed by atoms with Gasteiger partial charge in [-0.25, -0.2) is 0 Å². The van der Waals surface area contributed by atoms with Crippen LogP contribution in [0, 0.1) is 6.92 Å². The molecule has 2 aromatic carbocycles. The number of carbonyl (C=O) groups excluding carboxylic acids is 2. The Labute approximate surface area is 204 Å². The van der Waals surface area contributed by atoms with Crippen LogP contribution in [-0.4, -0.2) is 32.3 Å². The maximum Gasteiger partial charge on any atom is 0.234 e. The lowest BCUT2D eigenvalue weighted by Gasteiger charge is -2.10. The Morgan fingerprint density at radius 2 is 1.81 bits per heavy atom. The first-order chi connectivity index (χ1) is 15.3. The van der Waals surface area contributed by atoms with Crippen molar-refractivity contribution >= 4 is 69.8 Å². The highest BCUT2D eigenvalue weighted by Gasteiger charge is 2.17. The van der Waals surface area contributed by atoms with Crippen LogP contribution in [0.1, 0.15) is 18.3 Å². The zero-order valence-electron chi connectivity index (χ0n) is 17.3. The number of anilines is 2. The van der Waals surface area contributed by atoms with Gasteiger partial charge in [0.05, 0.1) is 27.9 Å². The molecule has 0 aliphatic carbocycles. The third-order valence-corrected chi connectivity index (χ3v) is 6.63. The van der Waals surface area contributed by atoms with E-state index in [1.807, 2.05) is 19.9 Å². The molecule has 3 aromatic rings. The maximum absolute atomic E-state index is 12.5. The molecule has 3 rings (SSSR count). The highest BCUT2D eigenvalue weighted by Crippen LogP contribution is 2.30. The molecule has 0 spiro atoms. The van der Waals surface area contributed by atoms with E-state index in [4.69, 9.17) is 34.8 Å². The van der Waals surface area contributed by atoms with Crippen LogP contribution in [0.5, 0.6) is 0 Å². The van der Waals surface area contributed by atoms with Gasteiger partial charge >= 0.3 is 0 Å². The van der Waals surface area contributed by atoms with Crippen molar-refractivity contribution in [1.29, 1.82) is 0 Å². The average molecular weight is 513 g/mol. The van der Waals surface area contributed by atoms with Gasteiger partial charge in [0.15, 0.2) is 5.16 Å². The van der Waals surface area contributed by atoms with Crippen molar-refractivity contribution < 1.29 is 9.59 Å². The van der Waals surface area contributed by atoms with Gasteiger partial charge in [0.25, 0.3) is 0 Å². The van der Waals surface area contributed by atoms with Crippen molar-refractivity contribution in [3.05, 3.63) is 62.9 Å². The summed E-state index contributed by atoms with van der Waals surface area (Å²) in [7, 11) is 0. The molecule has 2 N–H and O–H groups in total. The van der Waals surface area contributed by atoms with Gasteiger partial charge in [0, 0.05) is 17.3 Å². The summed E-state index contributed by atoms with van der Waals surface area (Å²) in [5, 5.41) is 15.6. The molecule has 0 atom stereocenters. The number of rotatable bonds is 8. The van der Waals surface area contributed by atoms with Crippen LogP contribution in [0.2, 0.25) is 15.1 Å². The number of nitrogens with zero attached hydrogens (tertiary/aromatic N) is 3. The summed E-state index contributed by atoms with van der Waals surface area (Å²) in [6, 6.07) is 10.3. The summed E-state index contributed by atoms with van der Waals surface area (Å²) in [4.78, 5) is 24.8. The molecule has 11 heteroatoms. The number of amides is 2. The number of nitrogens with one attached hydrogen (secondary N) is 2. The molecule has 0 aliphatic heterocycles. The fraction of sp³-hybridized carbons (Fsp3) is 0.238. The van der Waals surface area contributed by atoms with Gasteiger partial charge in [-0.3, -0.25) is 9.59 Å². The van der Waals surface area contributed by atoms with Crippen LogP contribution in [-0.2, 0) is 22.6 Å². The summed E-state index contributed by atoms with van der Waals surface area (Å²) in [5.74, 6) is 0.0935. The van der Waals surface area contributed by atoms with Crippen molar-refractivity contribution in [2.75, 3.05) is 16.4 Å². The van der Waals surface area contributed by atoms with Crippen molar-refractivity contribution in [3.8, 4) is 0 Å². The van der Waals surface area contributed by atoms with Gasteiger partial charge in [-0.1, -0.05) is 58.7 Å². The SMILES string of the molecule is CCn1c(CC(=O)Nc2ccc(C)c(Cl)c2)nnc1SCC(=O)Nc1cccc(Cl)c1Cl. The second-order valence-electron chi connectivity index (χ2n) is 6.77. The van der Waals surface area contributed by atoms with Crippen LogP contribution >= 0.6 is 46.6 Å². The molecular weight excluding hydrogens is 493 g/mol. The molecule has 0 aliphatic rings. The van der Waals surface area contributed by atoms with E-state index in [0.29, 0.717) is 38.9 Å². The Bertz CT molecular complexity index is 1150. The zero-order chi connectivity index (χ0) is 23.3. The van der Waals surface area contributed by atoms with E-state index in [9.17, 15) is 9.59 Å². The van der Waals surface area contributed by atoms with E-state index in [0.717, 1.165) is 5.56 Å². The van der Waals surface area contributed by atoms with Gasteiger partial charge in [-0.2, -0.15) is 0 Å². The minimum Gasteiger partial charge on any atom is -0.326 e. The quantitative estimate of drug-likeness (QED) is 0.390. The van der Waals surface area contributed by atoms with Gasteiger partial charge in [-0.05, 0) is 43.7 Å². The summed E-state index contributed by atoms with van der Waals surface area (Å²) in [5.41, 5.74) is 1.98. The molecule has 32 heavy (non-hydrogen) atoms. The molecule has 168 valence electrons. The molecular formula is C21H20Cl3N5O2S. The number of hydrogen-bond acceptors (Lipinski definition) is 5. The largest absolute Gasteiger partial charge is 0.326 e. The van der Waals surface area contributed by atoms with Crippen molar-refractivity contribution in [2.45, 2.75) is 32.0 Å². The molecule has 0 fully saturated rings. The van der Waals surface area contributed by atoms with Crippen LogP contribution in [0.3, 0.4) is 0 Å². The Morgan fingerprint density at radius 1 is 1.03 bits per heavy atom. The number of carbonyl (C=O) groups is 2. The first kappa shape index (κ1) is 24.4. The van der Waals surface area contributed by atoms with Crippen molar-refractivity contribution in [3.63, 3.8) is 0 Å². The predicted octanol–water partition coefficient (Wildman–Crippen LogP) is 5.48. The van der Waals surface area contributed by atoms with Crippen molar-refractivity contribution in [1.82, 2.24) is 14.8 Å². The Kier molecular flexibility index (Phi) is 8.42. The predicted molar refractivity (Wildman–Crippen MR) is 130 cm³/mol. The molecule has 1 aromatic heterocycles. The molecule has 0 bridgehead atoms. The summed E-state index contributed by atoms with van der Waals surface area (Å²) < 4.78 is 1.80. The summed E-state index contributed by atoms with van der Waals surface area (Å²) in [6.07, 6.45) is 0.0389. The highest BCUT2D eigenvalue weighted by atomic mass is 35.5. The summed E-state index contributed by atoms with van der Waals surface area (Å²) in [6.45, 7) is 4.36. The molecule has 7 nitrogen and oxygen atoms in total. The minimum absolute atomic E-state index is 0.0389. The first-order valence-corrected chi connectivity index (χ1v) is 11.7. The van der Waals surface area contributed by atoms with Crippen molar-refractivity contribution in [2.24, 2.45) is 0 Å². The van der Waals surface area contributed by atoms with E-state index < -0.39 is 0 Å². The van der Waals surface area contributed by atoms with Gasteiger partial charge < -0.3 is 15.2 Å². The van der Waals surface area contributed by atoms with Gasteiger partial charge in [-0.15, -0.1) is 10.2 Å². The second-order valence-corrected chi connectivity index (χ2v) is 8.91. The topological polar surface area (TPSA) is 88.9 Å². The lowest BCUT2D eigenvalue weighted by Crippen LogP contribution is -2.18. The molecule has 1 heterocycles. The number of aryl methyl sites for hydroxylation is 1. The zero-order valence-corrected chi connectivity index (χ0v) is 20.4. The van der Waals surface area contributed by atoms with E-state index in [2.05, 4.69) is 20.8 Å². The maximum atomic E-state index is 12.5. The number of hydrogen-bond donors (Lipinski definition) is 2. The monoisotopic (exact) mass is 511 g/mol. The third-order valence-electron chi connectivity index (χ3n) is 4.44. The molecule has 0 unspecified atom stereocenters. The number of halogens is 3. The van der Waals surface area contributed by atoms with Gasteiger partial charge in [0.2, 0.25) is 11.8 Å². The third kappa shape index (κ3) is 6.16. The van der Waals surface area contributed by atoms with Crippen LogP contribution < -0.4 is 10.6 Å². The lowest BCUT2D eigenvalue weighted by molar-refractivity contribution is -0.116. The molecule has 0 saturated carbocycles. The van der Waals surface area contributed by atoms with Crippen LogP contribution in [0.15, 0.2) is 41.6 Å². The first-order valence-electron chi connectivity index (χ1n) is 9.63. The fourth-order valence-corrected chi connectivity index (χ4v) is 4.16. The van der Waals surface area contributed by atoms with Crippen LogP contribution in [0.4, 0.5) is 11.4 Å². The standard InChI is InChI=1S/C21H20Cl3N5O2S/c1-3-29-17(10-18(30)25-13-8-7-12(2)15(23)9-13)27-28-21(29)32-11-19(31)26-16-6-4-5-14(22)20(16)24/h4-9H,3,10-11H2,1-2H3,(H,25,30)(H,26,31). The van der Waals surface area contributed by atoms with Crippen LogP contribution in [0.25, 0.3) is 0 Å². The molecule has 0 saturated heterocycles. The number of benzene rings is 2. The fourth-order valence-electron chi connectivity index (χ4n) is 2.81. The van der Waals surface area contributed by atoms with Gasteiger partial charge in [0.1, 0.15) is 5.82 Å². The minimum atomic E-state index is -0.264. The summed E-state index contributed by atoms with van der Waals surface area (Å²) >= 11 is 19.4. The smallest absolute Gasteiger partial charge is 0.234 e. The lowest BCUT2D eigenvalue weighted by atomic mass is 10.2. The number of thioether (sulfide) groups is 1. The average Bonchev–Trinajstić information content (AvgIpc) is 3.13. The Morgan fingerprint density at radius 3 is 2.53 bits per heavy atom. The number of aromatic nitrogens is 3. The highest BCUT2D eigenvalue weighted by molar-refractivity contribution is 7.99.